The molecule has 29 heavy (non-hydrogen) atoms. The number of esters is 1. The van der Waals surface area contributed by atoms with Crippen molar-refractivity contribution in [3.8, 4) is 11.3 Å². The molecule has 1 amide bonds. The monoisotopic (exact) mass is 410 g/mol. The molecule has 150 valence electrons. The Labute approximate surface area is 173 Å². The maximum absolute atomic E-state index is 12.2. The van der Waals surface area contributed by atoms with Crippen LogP contribution in [0, 0.1) is 13.8 Å². The Bertz CT molecular complexity index is 1010. The average Bonchev–Trinajstić information content (AvgIpc) is 3.18. The summed E-state index contributed by atoms with van der Waals surface area (Å²) in [5.41, 5.74) is 4.40. The summed E-state index contributed by atoms with van der Waals surface area (Å²) < 4.78 is 10.7. The number of hydrogen-bond donors (Lipinski definition) is 1. The summed E-state index contributed by atoms with van der Waals surface area (Å²) in [6.45, 7) is 6.18. The van der Waals surface area contributed by atoms with Crippen LogP contribution in [0.3, 0.4) is 0 Å². The second kappa shape index (κ2) is 9.43. The fourth-order valence-corrected chi connectivity index (χ4v) is 3.18. The second-order valence-electron chi connectivity index (χ2n) is 6.42. The van der Waals surface area contributed by atoms with Crippen LogP contribution in [0.15, 0.2) is 58.3 Å². The molecule has 0 saturated carbocycles. The number of anilines is 1. The lowest BCUT2D eigenvalue weighted by Crippen LogP contribution is -2.14. The SMILES string of the molecule is CCOC(=O)c1ccc(NC(=O)CSc2ncc(-c3ccc(C)c(C)c3)o2)cc1. The molecule has 0 unspecified atom stereocenters. The van der Waals surface area contributed by atoms with Crippen LogP contribution in [-0.4, -0.2) is 29.2 Å². The molecule has 0 aliphatic heterocycles. The molecule has 1 heterocycles. The molecule has 0 radical (unpaired) electrons. The topological polar surface area (TPSA) is 81.4 Å². The van der Waals surface area contributed by atoms with Crippen LogP contribution in [0.1, 0.15) is 28.4 Å². The lowest BCUT2D eigenvalue weighted by Gasteiger charge is -2.06. The number of oxazole rings is 1. The Kier molecular flexibility index (Phi) is 6.72. The van der Waals surface area contributed by atoms with E-state index in [-0.39, 0.29) is 17.6 Å². The normalized spacial score (nSPS) is 10.6. The molecule has 0 spiro atoms. The molecule has 1 aromatic heterocycles. The smallest absolute Gasteiger partial charge is 0.338 e. The molecule has 3 aromatic rings. The predicted molar refractivity (Wildman–Crippen MR) is 113 cm³/mol. The third-order valence-corrected chi connectivity index (χ3v) is 5.12. The quantitative estimate of drug-likeness (QED) is 0.442. The minimum atomic E-state index is -0.385. The Morgan fingerprint density at radius 3 is 2.55 bits per heavy atom. The molecule has 0 fully saturated rings. The van der Waals surface area contributed by atoms with Crippen LogP contribution in [0.25, 0.3) is 11.3 Å². The maximum Gasteiger partial charge on any atom is 0.338 e. The number of carbonyl (C=O) groups is 2. The first kappa shape index (κ1) is 20.7. The van der Waals surface area contributed by atoms with Gasteiger partial charge in [0, 0.05) is 11.3 Å². The highest BCUT2D eigenvalue weighted by Gasteiger charge is 2.11. The first-order valence-corrected chi connectivity index (χ1v) is 10.2. The van der Waals surface area contributed by atoms with Crippen LogP contribution in [-0.2, 0) is 9.53 Å². The van der Waals surface area contributed by atoms with E-state index in [1.807, 2.05) is 12.1 Å². The zero-order valence-electron chi connectivity index (χ0n) is 16.5. The van der Waals surface area contributed by atoms with Gasteiger partial charge < -0.3 is 14.5 Å². The predicted octanol–water partition coefficient (Wildman–Crippen LogP) is 4.87. The van der Waals surface area contributed by atoms with Gasteiger partial charge in [-0.2, -0.15) is 0 Å². The number of benzene rings is 2. The van der Waals surface area contributed by atoms with Gasteiger partial charge in [-0.05, 0) is 62.2 Å². The Morgan fingerprint density at radius 2 is 1.86 bits per heavy atom. The van der Waals surface area contributed by atoms with Gasteiger partial charge in [0.25, 0.3) is 5.22 Å². The number of thioether (sulfide) groups is 1. The molecule has 6 nitrogen and oxygen atoms in total. The number of aryl methyl sites for hydroxylation is 2. The van der Waals surface area contributed by atoms with Crippen molar-refractivity contribution in [2.24, 2.45) is 0 Å². The summed E-state index contributed by atoms with van der Waals surface area (Å²) in [6, 6.07) is 12.6. The number of ether oxygens (including phenoxy) is 1. The standard InChI is InChI=1S/C22H22N2O4S/c1-4-27-21(26)16-7-9-18(10-8-16)24-20(25)13-29-22-23-12-19(28-22)17-6-5-14(2)15(3)11-17/h5-12H,4,13H2,1-3H3,(H,24,25). The van der Waals surface area contributed by atoms with E-state index >= 15 is 0 Å². The number of hydrogen-bond acceptors (Lipinski definition) is 6. The van der Waals surface area contributed by atoms with Crippen molar-refractivity contribution in [3.05, 3.63) is 65.4 Å². The van der Waals surface area contributed by atoms with E-state index in [1.165, 1.54) is 22.9 Å². The number of amides is 1. The Balaban J connectivity index is 1.54. The molecule has 1 N–H and O–H groups in total. The van der Waals surface area contributed by atoms with Crippen molar-refractivity contribution in [2.45, 2.75) is 26.0 Å². The number of rotatable bonds is 7. The highest BCUT2D eigenvalue weighted by molar-refractivity contribution is 7.99. The average molecular weight is 410 g/mol. The number of aromatic nitrogens is 1. The third-order valence-electron chi connectivity index (χ3n) is 4.28. The van der Waals surface area contributed by atoms with Gasteiger partial charge in [-0.15, -0.1) is 0 Å². The summed E-state index contributed by atoms with van der Waals surface area (Å²) in [7, 11) is 0. The van der Waals surface area contributed by atoms with Gasteiger partial charge >= 0.3 is 5.97 Å². The third kappa shape index (κ3) is 5.48. The largest absolute Gasteiger partial charge is 0.462 e. The van der Waals surface area contributed by atoms with Gasteiger partial charge in [0.05, 0.1) is 24.1 Å². The summed E-state index contributed by atoms with van der Waals surface area (Å²) in [5, 5.41) is 3.22. The molecule has 0 saturated heterocycles. The van der Waals surface area contributed by atoms with E-state index in [1.54, 1.807) is 37.4 Å². The van der Waals surface area contributed by atoms with E-state index in [4.69, 9.17) is 9.15 Å². The van der Waals surface area contributed by atoms with E-state index < -0.39 is 0 Å². The van der Waals surface area contributed by atoms with Gasteiger partial charge in [0.1, 0.15) is 0 Å². The number of carbonyl (C=O) groups excluding carboxylic acids is 2. The zero-order valence-corrected chi connectivity index (χ0v) is 17.3. The van der Waals surface area contributed by atoms with Gasteiger partial charge in [0.15, 0.2) is 5.76 Å². The minimum Gasteiger partial charge on any atom is -0.462 e. The van der Waals surface area contributed by atoms with E-state index in [9.17, 15) is 9.59 Å². The summed E-state index contributed by atoms with van der Waals surface area (Å²) in [4.78, 5) is 28.1. The van der Waals surface area contributed by atoms with E-state index in [0.717, 1.165) is 5.56 Å². The summed E-state index contributed by atoms with van der Waals surface area (Å²) in [5.74, 6) is 0.256. The van der Waals surface area contributed by atoms with Gasteiger partial charge in [0.2, 0.25) is 5.91 Å². The molecule has 0 aliphatic rings. The number of nitrogens with zero attached hydrogens (tertiary/aromatic N) is 1. The van der Waals surface area contributed by atoms with Crippen LogP contribution in [0.2, 0.25) is 0 Å². The van der Waals surface area contributed by atoms with Crippen LogP contribution in [0.5, 0.6) is 0 Å². The van der Waals surface area contributed by atoms with Crippen molar-refractivity contribution in [1.29, 1.82) is 0 Å². The lowest BCUT2D eigenvalue weighted by atomic mass is 10.1. The van der Waals surface area contributed by atoms with Crippen LogP contribution >= 0.6 is 11.8 Å². The molecule has 7 heteroatoms. The zero-order chi connectivity index (χ0) is 20.8. The lowest BCUT2D eigenvalue weighted by molar-refractivity contribution is -0.113. The van der Waals surface area contributed by atoms with E-state index in [0.29, 0.717) is 28.8 Å². The Morgan fingerprint density at radius 1 is 1.10 bits per heavy atom. The molecule has 0 bridgehead atoms. The maximum atomic E-state index is 12.2. The van der Waals surface area contributed by atoms with Gasteiger partial charge in [-0.3, -0.25) is 4.79 Å². The summed E-state index contributed by atoms with van der Waals surface area (Å²) in [6.07, 6.45) is 1.67. The molecule has 0 aliphatic carbocycles. The minimum absolute atomic E-state index is 0.159. The molecule has 0 atom stereocenters. The van der Waals surface area contributed by atoms with Crippen molar-refractivity contribution < 1.29 is 18.7 Å². The molecule has 3 rings (SSSR count). The van der Waals surface area contributed by atoms with Gasteiger partial charge in [-0.1, -0.05) is 23.9 Å². The highest BCUT2D eigenvalue weighted by atomic mass is 32.2. The van der Waals surface area contributed by atoms with Crippen LogP contribution < -0.4 is 5.32 Å². The molecular formula is C22H22N2O4S. The fraction of sp³-hybridized carbons (Fsp3) is 0.227. The fourth-order valence-electron chi connectivity index (χ4n) is 2.58. The van der Waals surface area contributed by atoms with Gasteiger partial charge in [-0.25, -0.2) is 9.78 Å². The van der Waals surface area contributed by atoms with Crippen molar-refractivity contribution in [3.63, 3.8) is 0 Å². The number of nitrogens with one attached hydrogen (secondary N) is 1. The van der Waals surface area contributed by atoms with Crippen molar-refractivity contribution in [2.75, 3.05) is 17.7 Å². The summed E-state index contributed by atoms with van der Waals surface area (Å²) >= 11 is 1.22. The van der Waals surface area contributed by atoms with Crippen molar-refractivity contribution >= 4 is 29.3 Å². The first-order valence-electron chi connectivity index (χ1n) is 9.19. The van der Waals surface area contributed by atoms with E-state index in [2.05, 4.69) is 30.2 Å². The van der Waals surface area contributed by atoms with Crippen molar-refractivity contribution in [1.82, 2.24) is 4.98 Å². The van der Waals surface area contributed by atoms with Crippen LogP contribution in [0.4, 0.5) is 5.69 Å². The first-order chi connectivity index (χ1) is 14.0. The Hall–Kier alpha value is -3.06. The molecular weight excluding hydrogens is 388 g/mol. The second-order valence-corrected chi connectivity index (χ2v) is 7.35. The molecule has 2 aromatic carbocycles. The highest BCUT2D eigenvalue weighted by Crippen LogP contribution is 2.27.